The molecule has 12 heteroatoms. The highest BCUT2D eigenvalue weighted by atomic mass is 35.5. The van der Waals surface area contributed by atoms with E-state index in [1.54, 1.807) is 12.1 Å². The first-order chi connectivity index (χ1) is 16.2. The van der Waals surface area contributed by atoms with Gasteiger partial charge in [0, 0.05) is 18.1 Å². The van der Waals surface area contributed by atoms with Gasteiger partial charge in [-0.3, -0.25) is 4.99 Å². The van der Waals surface area contributed by atoms with Crippen LogP contribution in [0.3, 0.4) is 0 Å². The van der Waals surface area contributed by atoms with E-state index in [4.69, 9.17) is 53.9 Å². The summed E-state index contributed by atoms with van der Waals surface area (Å²) >= 11 is 17.5. The Morgan fingerprint density at radius 1 is 1.26 bits per heavy atom. The first kappa shape index (κ1) is 26.5. The summed E-state index contributed by atoms with van der Waals surface area (Å²) in [4.78, 5) is 9.38. The number of ether oxygens (including phenoxy) is 3. The topological polar surface area (TPSA) is 61.6 Å². The van der Waals surface area contributed by atoms with Crippen LogP contribution in [0.4, 0.5) is 13.2 Å². The minimum Gasteiger partial charge on any atom is -0.494 e. The van der Waals surface area contributed by atoms with Gasteiger partial charge in [0.1, 0.15) is 28.7 Å². The summed E-state index contributed by atoms with van der Waals surface area (Å²) in [6.07, 6.45) is 1.09. The second kappa shape index (κ2) is 12.0. The zero-order valence-electron chi connectivity index (χ0n) is 18.1. The zero-order chi connectivity index (χ0) is 24.7. The number of nitrogens with zero attached hydrogens (tertiary/aromatic N) is 2. The summed E-state index contributed by atoms with van der Waals surface area (Å²) in [6.45, 7) is 0.0954. The first-order valence-electron chi connectivity index (χ1n) is 10.3. The molecule has 0 aliphatic carbocycles. The van der Waals surface area contributed by atoms with Crippen molar-refractivity contribution in [2.45, 2.75) is 31.5 Å². The Balaban J connectivity index is 1.49. The van der Waals surface area contributed by atoms with E-state index in [2.05, 4.69) is 10.1 Å². The number of oxime groups is 1. The molecule has 2 atom stereocenters. The van der Waals surface area contributed by atoms with Gasteiger partial charge in [-0.1, -0.05) is 46.0 Å². The number of halogens is 6. The van der Waals surface area contributed by atoms with Crippen molar-refractivity contribution in [3.63, 3.8) is 0 Å². The summed E-state index contributed by atoms with van der Waals surface area (Å²) in [5.74, 6) is -0.427. The number of aliphatic imine (C=N–C) groups is 1. The molecule has 3 rings (SSSR count). The van der Waals surface area contributed by atoms with Gasteiger partial charge < -0.3 is 19.0 Å². The number of alkyl halides is 3. The number of hydrogen-bond acceptors (Lipinski definition) is 6. The van der Waals surface area contributed by atoms with E-state index in [0.717, 1.165) is 6.08 Å². The van der Waals surface area contributed by atoms with Crippen molar-refractivity contribution in [3.05, 3.63) is 45.4 Å². The maximum atomic E-state index is 12.7. The van der Waals surface area contributed by atoms with E-state index in [1.165, 1.54) is 19.3 Å². The quantitative estimate of drug-likeness (QED) is 0.336. The highest BCUT2D eigenvalue weighted by Gasteiger charge is 2.38. The average Bonchev–Trinajstić information content (AvgIpc) is 3.25. The van der Waals surface area contributed by atoms with Crippen molar-refractivity contribution in [1.29, 1.82) is 0 Å². The van der Waals surface area contributed by atoms with Crippen molar-refractivity contribution in [1.82, 2.24) is 0 Å². The minimum atomic E-state index is -4.30. The number of methoxy groups -OCH3 is 1. The Morgan fingerprint density at radius 3 is 2.71 bits per heavy atom. The predicted molar refractivity (Wildman–Crippen MR) is 125 cm³/mol. The van der Waals surface area contributed by atoms with Gasteiger partial charge in [0.25, 0.3) is 0 Å². The van der Waals surface area contributed by atoms with Gasteiger partial charge in [0.15, 0.2) is 0 Å². The molecule has 0 N–H and O–H groups in total. The molecule has 186 valence electrons. The van der Waals surface area contributed by atoms with Crippen LogP contribution in [0.25, 0.3) is 0 Å². The van der Waals surface area contributed by atoms with Gasteiger partial charge in [-0.05, 0) is 31.1 Å². The molecule has 0 bridgehead atoms. The maximum Gasteiger partial charge on any atom is 0.396 e. The molecule has 0 saturated carbocycles. The van der Waals surface area contributed by atoms with Crippen LogP contribution in [-0.4, -0.2) is 50.8 Å². The largest absolute Gasteiger partial charge is 0.494 e. The third-order valence-corrected chi connectivity index (χ3v) is 5.60. The van der Waals surface area contributed by atoms with Gasteiger partial charge in [0.2, 0.25) is 5.90 Å². The molecule has 2 heterocycles. The fraction of sp³-hybridized carbons (Fsp3) is 0.455. The van der Waals surface area contributed by atoms with Crippen LogP contribution in [0.2, 0.25) is 5.02 Å². The number of hydrogen-bond donors (Lipinski definition) is 0. The Labute approximate surface area is 209 Å². The van der Waals surface area contributed by atoms with Crippen LogP contribution in [-0.2, 0) is 9.57 Å². The average molecular weight is 542 g/mol. The maximum absolute atomic E-state index is 12.7. The summed E-state index contributed by atoms with van der Waals surface area (Å²) in [5.41, 5.74) is 1.30. The molecule has 0 saturated heterocycles. The summed E-state index contributed by atoms with van der Waals surface area (Å²) in [7, 11) is 1.51. The molecule has 2 aliphatic heterocycles. The highest BCUT2D eigenvalue weighted by molar-refractivity contribution is 6.55. The fourth-order valence-electron chi connectivity index (χ4n) is 3.31. The Bertz CT molecular complexity index is 992. The van der Waals surface area contributed by atoms with Gasteiger partial charge in [-0.15, -0.1) is 0 Å². The van der Waals surface area contributed by atoms with E-state index < -0.39 is 12.1 Å². The van der Waals surface area contributed by atoms with Gasteiger partial charge >= 0.3 is 6.18 Å². The second-order valence-electron chi connectivity index (χ2n) is 7.44. The SMILES string of the molecule is COc1c(Cl)cc(OCC=C(Cl)Cl)cc1C1=NOC(CCCOC2=NCC(C(F)(F)F)C=C2)C1. The molecular formula is C22H22Cl3F3N2O4. The van der Waals surface area contributed by atoms with Crippen LogP contribution in [0.5, 0.6) is 11.5 Å². The van der Waals surface area contributed by atoms with Crippen molar-refractivity contribution >= 4 is 46.4 Å². The molecule has 0 radical (unpaired) electrons. The fourth-order valence-corrected chi connectivity index (χ4v) is 3.72. The molecule has 0 fully saturated rings. The lowest BCUT2D eigenvalue weighted by Crippen LogP contribution is -2.26. The molecule has 6 nitrogen and oxygen atoms in total. The molecule has 2 unspecified atom stereocenters. The van der Waals surface area contributed by atoms with E-state index in [-0.39, 0.29) is 29.6 Å². The van der Waals surface area contributed by atoms with Crippen molar-refractivity contribution in [3.8, 4) is 11.5 Å². The summed E-state index contributed by atoms with van der Waals surface area (Å²) in [5, 5.41) is 4.52. The molecule has 1 aromatic rings. The molecule has 2 aliphatic rings. The summed E-state index contributed by atoms with van der Waals surface area (Å²) < 4.78 is 54.6. The predicted octanol–water partition coefficient (Wildman–Crippen LogP) is 6.48. The second-order valence-corrected chi connectivity index (χ2v) is 8.85. The van der Waals surface area contributed by atoms with Crippen molar-refractivity contribution in [2.75, 3.05) is 26.9 Å². The highest BCUT2D eigenvalue weighted by Crippen LogP contribution is 2.36. The smallest absolute Gasteiger partial charge is 0.396 e. The zero-order valence-corrected chi connectivity index (χ0v) is 20.3. The molecule has 0 aromatic heterocycles. The van der Waals surface area contributed by atoms with Gasteiger partial charge in [-0.2, -0.15) is 13.2 Å². The third-order valence-electron chi connectivity index (χ3n) is 5.01. The molecule has 1 aromatic carbocycles. The number of dihydropyridines is 1. The number of benzene rings is 1. The van der Waals surface area contributed by atoms with Crippen LogP contribution in [0, 0.1) is 5.92 Å². The van der Waals surface area contributed by atoms with Crippen LogP contribution >= 0.6 is 34.8 Å². The standard InChI is InChI=1S/C22H22Cl3F3N2O4/c1-31-21-16(9-15(10-17(21)23)32-8-6-19(24)25)18-11-14(34-30-18)3-2-7-33-20-5-4-13(12-29-20)22(26,27)28/h4-6,9-10,13-14H,2-3,7-8,11-12H2,1H3. The van der Waals surface area contributed by atoms with E-state index in [1.807, 2.05) is 0 Å². The Morgan fingerprint density at radius 2 is 2.06 bits per heavy atom. The lowest BCUT2D eigenvalue weighted by Gasteiger charge is -2.18. The Kier molecular flexibility index (Phi) is 9.39. The van der Waals surface area contributed by atoms with Crippen molar-refractivity contribution in [2.24, 2.45) is 16.1 Å². The monoisotopic (exact) mass is 540 g/mol. The van der Waals surface area contributed by atoms with Crippen LogP contribution in [0.1, 0.15) is 24.8 Å². The minimum absolute atomic E-state index is 0.0947. The Hall–Kier alpha value is -2.10. The van der Waals surface area contributed by atoms with Gasteiger partial charge in [0.05, 0.1) is 36.9 Å². The lowest BCUT2D eigenvalue weighted by molar-refractivity contribution is -0.158. The molecule has 34 heavy (non-hydrogen) atoms. The van der Waals surface area contributed by atoms with E-state index >= 15 is 0 Å². The van der Waals surface area contributed by atoms with E-state index in [0.29, 0.717) is 53.7 Å². The molecule has 0 spiro atoms. The van der Waals surface area contributed by atoms with Crippen LogP contribution < -0.4 is 9.47 Å². The molecular weight excluding hydrogens is 520 g/mol. The summed E-state index contributed by atoms with van der Waals surface area (Å²) in [6, 6.07) is 3.36. The van der Waals surface area contributed by atoms with Crippen LogP contribution in [0.15, 0.2) is 45.0 Å². The lowest BCUT2D eigenvalue weighted by atomic mass is 10.0. The molecule has 0 amide bonds. The third kappa shape index (κ3) is 7.45. The number of rotatable bonds is 9. The van der Waals surface area contributed by atoms with Gasteiger partial charge in [-0.25, -0.2) is 0 Å². The van der Waals surface area contributed by atoms with Crippen molar-refractivity contribution < 1.29 is 32.2 Å². The normalized spacial score (nSPS) is 19.7. The van der Waals surface area contributed by atoms with E-state index in [9.17, 15) is 13.2 Å². The first-order valence-corrected chi connectivity index (χ1v) is 11.5.